The van der Waals surface area contributed by atoms with Crippen LogP contribution >= 0.6 is 0 Å². The van der Waals surface area contributed by atoms with Crippen LogP contribution in [0.5, 0.6) is 0 Å². The van der Waals surface area contributed by atoms with Gasteiger partial charge >= 0.3 is 0 Å². The molecule has 0 aromatic rings. The van der Waals surface area contributed by atoms with E-state index in [2.05, 4.69) is 6.92 Å². The molecule has 1 aliphatic carbocycles. The Morgan fingerprint density at radius 1 is 1.39 bits per heavy atom. The number of nitrogens with zero attached hydrogens (tertiary/aromatic N) is 1. The highest BCUT2D eigenvalue weighted by Crippen LogP contribution is 2.27. The smallest absolute Gasteiger partial charge is 0.222 e. The molecule has 1 fully saturated rings. The highest BCUT2D eigenvalue weighted by molar-refractivity contribution is 5.76. The van der Waals surface area contributed by atoms with Gasteiger partial charge in [-0.25, -0.2) is 0 Å². The third-order valence-electron chi connectivity index (χ3n) is 3.81. The second kappa shape index (κ2) is 8.48. The molecule has 2 atom stereocenters. The zero-order valence-electron chi connectivity index (χ0n) is 11.6. The maximum absolute atomic E-state index is 12.0. The molecule has 0 heterocycles. The maximum atomic E-state index is 12.0. The number of carbonyl (C=O) groups excluding carboxylic acids is 1. The fraction of sp³-hybridized carbons (Fsp3) is 0.929. The van der Waals surface area contributed by atoms with Gasteiger partial charge in [0.25, 0.3) is 0 Å². The fourth-order valence-corrected chi connectivity index (χ4v) is 2.83. The molecule has 1 rings (SSSR count). The summed E-state index contributed by atoms with van der Waals surface area (Å²) in [5.74, 6) is 0.806. The molecule has 0 aromatic heterocycles. The molecule has 4 heteroatoms. The second-order valence-electron chi connectivity index (χ2n) is 5.44. The summed E-state index contributed by atoms with van der Waals surface area (Å²) in [7, 11) is 0. The summed E-state index contributed by atoms with van der Waals surface area (Å²) in [5, 5.41) is 8.95. The Labute approximate surface area is 111 Å². The van der Waals surface area contributed by atoms with Crippen LogP contribution in [0.4, 0.5) is 0 Å². The van der Waals surface area contributed by atoms with E-state index in [1.54, 1.807) is 4.90 Å². The average Bonchev–Trinajstić information content (AvgIpc) is 2.36. The zero-order valence-corrected chi connectivity index (χ0v) is 11.6. The molecule has 2 unspecified atom stereocenters. The largest absolute Gasteiger partial charge is 0.395 e. The molecule has 1 aliphatic rings. The van der Waals surface area contributed by atoms with E-state index >= 15 is 0 Å². The van der Waals surface area contributed by atoms with Gasteiger partial charge in [0.05, 0.1) is 6.61 Å². The van der Waals surface area contributed by atoms with Gasteiger partial charge in [0, 0.05) is 25.6 Å². The highest BCUT2D eigenvalue weighted by Gasteiger charge is 2.21. The van der Waals surface area contributed by atoms with Crippen LogP contribution in [-0.4, -0.2) is 41.7 Å². The molecular weight excluding hydrogens is 228 g/mol. The molecule has 18 heavy (non-hydrogen) atoms. The lowest BCUT2D eigenvalue weighted by Crippen LogP contribution is -2.35. The number of rotatable bonds is 7. The minimum Gasteiger partial charge on any atom is -0.395 e. The number of hydrogen-bond acceptors (Lipinski definition) is 3. The van der Waals surface area contributed by atoms with Gasteiger partial charge in [-0.05, 0) is 31.6 Å². The Hall–Kier alpha value is -0.610. The van der Waals surface area contributed by atoms with Crippen LogP contribution in [0.25, 0.3) is 0 Å². The van der Waals surface area contributed by atoms with Gasteiger partial charge in [-0.2, -0.15) is 0 Å². The van der Waals surface area contributed by atoms with E-state index < -0.39 is 0 Å². The van der Waals surface area contributed by atoms with Crippen molar-refractivity contribution >= 4 is 5.91 Å². The third-order valence-corrected chi connectivity index (χ3v) is 3.81. The molecule has 1 saturated carbocycles. The summed E-state index contributed by atoms with van der Waals surface area (Å²) < 4.78 is 0. The van der Waals surface area contributed by atoms with Gasteiger partial charge in [-0.3, -0.25) is 4.79 Å². The summed E-state index contributed by atoms with van der Waals surface area (Å²) in [4.78, 5) is 13.8. The Balaban J connectivity index is 2.29. The molecule has 0 aromatic carbocycles. The average molecular weight is 256 g/mol. The van der Waals surface area contributed by atoms with Gasteiger partial charge in [0.2, 0.25) is 5.91 Å². The van der Waals surface area contributed by atoms with Crippen molar-refractivity contribution in [3.05, 3.63) is 0 Å². The van der Waals surface area contributed by atoms with Crippen molar-refractivity contribution in [2.45, 2.75) is 57.9 Å². The Morgan fingerprint density at radius 3 is 2.78 bits per heavy atom. The quantitative estimate of drug-likeness (QED) is 0.725. The van der Waals surface area contributed by atoms with Crippen molar-refractivity contribution in [2.24, 2.45) is 11.7 Å². The van der Waals surface area contributed by atoms with Gasteiger partial charge in [-0.1, -0.05) is 19.8 Å². The Bertz CT molecular complexity index is 240. The standard InChI is InChI=1S/C14H28N2O2/c1-2-8-16(9-10-17)14(18)7-6-12-4-3-5-13(15)11-12/h12-13,17H,2-11,15H2,1H3. The van der Waals surface area contributed by atoms with E-state index in [1.807, 2.05) is 0 Å². The predicted octanol–water partition coefficient (Wildman–Crippen LogP) is 1.51. The van der Waals surface area contributed by atoms with Crippen molar-refractivity contribution in [3.8, 4) is 0 Å². The van der Waals surface area contributed by atoms with E-state index in [0.717, 1.165) is 32.2 Å². The monoisotopic (exact) mass is 256 g/mol. The Kier molecular flexibility index (Phi) is 7.28. The van der Waals surface area contributed by atoms with E-state index in [9.17, 15) is 4.79 Å². The van der Waals surface area contributed by atoms with Crippen LogP contribution in [0.1, 0.15) is 51.9 Å². The van der Waals surface area contributed by atoms with Gasteiger partial charge < -0.3 is 15.7 Å². The third kappa shape index (κ3) is 5.36. The number of aliphatic hydroxyl groups excluding tert-OH is 1. The highest BCUT2D eigenvalue weighted by atomic mass is 16.3. The number of carbonyl (C=O) groups is 1. The first-order valence-electron chi connectivity index (χ1n) is 7.31. The second-order valence-corrected chi connectivity index (χ2v) is 5.44. The maximum Gasteiger partial charge on any atom is 0.222 e. The molecule has 3 N–H and O–H groups in total. The number of hydrogen-bond donors (Lipinski definition) is 2. The van der Waals surface area contributed by atoms with Crippen LogP contribution in [-0.2, 0) is 4.79 Å². The lowest BCUT2D eigenvalue weighted by atomic mass is 9.83. The van der Waals surface area contributed by atoms with Crippen LogP contribution in [0, 0.1) is 5.92 Å². The van der Waals surface area contributed by atoms with Crippen molar-refractivity contribution < 1.29 is 9.90 Å². The first kappa shape index (κ1) is 15.4. The van der Waals surface area contributed by atoms with E-state index in [0.29, 0.717) is 24.9 Å². The Morgan fingerprint density at radius 2 is 2.17 bits per heavy atom. The first-order valence-corrected chi connectivity index (χ1v) is 7.31. The predicted molar refractivity (Wildman–Crippen MR) is 73.1 cm³/mol. The van der Waals surface area contributed by atoms with Crippen molar-refractivity contribution in [3.63, 3.8) is 0 Å². The lowest BCUT2D eigenvalue weighted by Gasteiger charge is -2.27. The van der Waals surface area contributed by atoms with E-state index in [4.69, 9.17) is 10.8 Å². The van der Waals surface area contributed by atoms with Crippen LogP contribution < -0.4 is 5.73 Å². The van der Waals surface area contributed by atoms with E-state index in [1.165, 1.54) is 12.8 Å². The van der Waals surface area contributed by atoms with Gasteiger partial charge in [-0.15, -0.1) is 0 Å². The molecule has 0 aliphatic heterocycles. The topological polar surface area (TPSA) is 66.6 Å². The number of amides is 1. The van der Waals surface area contributed by atoms with Crippen molar-refractivity contribution in [1.82, 2.24) is 4.90 Å². The summed E-state index contributed by atoms with van der Waals surface area (Å²) in [6, 6.07) is 0.336. The van der Waals surface area contributed by atoms with Gasteiger partial charge in [0.15, 0.2) is 0 Å². The zero-order chi connectivity index (χ0) is 13.4. The molecule has 4 nitrogen and oxygen atoms in total. The SMILES string of the molecule is CCCN(CCO)C(=O)CCC1CCCC(N)C1. The summed E-state index contributed by atoms with van der Waals surface area (Å²) in [6.07, 6.45) is 7.14. The molecule has 106 valence electrons. The fourth-order valence-electron chi connectivity index (χ4n) is 2.83. The minimum atomic E-state index is 0.0556. The van der Waals surface area contributed by atoms with Crippen LogP contribution in [0.3, 0.4) is 0 Å². The summed E-state index contributed by atoms with van der Waals surface area (Å²) in [5.41, 5.74) is 5.96. The summed E-state index contributed by atoms with van der Waals surface area (Å²) in [6.45, 7) is 3.33. The molecular formula is C14H28N2O2. The number of nitrogens with two attached hydrogens (primary N) is 1. The molecule has 0 spiro atoms. The van der Waals surface area contributed by atoms with Crippen molar-refractivity contribution in [2.75, 3.05) is 19.7 Å². The summed E-state index contributed by atoms with van der Waals surface area (Å²) >= 11 is 0. The van der Waals surface area contributed by atoms with Crippen LogP contribution in [0.15, 0.2) is 0 Å². The van der Waals surface area contributed by atoms with E-state index in [-0.39, 0.29) is 12.5 Å². The molecule has 0 bridgehead atoms. The van der Waals surface area contributed by atoms with Crippen LogP contribution in [0.2, 0.25) is 0 Å². The number of aliphatic hydroxyl groups is 1. The first-order chi connectivity index (χ1) is 8.67. The normalized spacial score (nSPS) is 23.9. The molecule has 0 radical (unpaired) electrons. The lowest BCUT2D eigenvalue weighted by molar-refractivity contribution is -0.132. The van der Waals surface area contributed by atoms with Gasteiger partial charge in [0.1, 0.15) is 0 Å². The minimum absolute atomic E-state index is 0.0556. The molecule has 0 saturated heterocycles. The van der Waals surface area contributed by atoms with Crippen molar-refractivity contribution in [1.29, 1.82) is 0 Å². The molecule has 1 amide bonds.